The Morgan fingerprint density at radius 2 is 1.88 bits per heavy atom. The molecule has 1 N–H and O–H groups in total. The topological polar surface area (TPSA) is 37.8 Å². The van der Waals surface area contributed by atoms with E-state index in [1.54, 1.807) is 0 Å². The van der Waals surface area contributed by atoms with Gasteiger partial charge in [0.2, 0.25) is 0 Å². The van der Waals surface area contributed by atoms with Gasteiger partial charge in [-0.15, -0.1) is 0 Å². The Labute approximate surface area is 102 Å². The first kappa shape index (κ1) is 11.6. The van der Waals surface area contributed by atoms with Gasteiger partial charge < -0.3 is 5.32 Å². The second kappa shape index (κ2) is 5.43. The molecule has 0 amide bonds. The van der Waals surface area contributed by atoms with Crippen LogP contribution in [0.25, 0.3) is 0 Å². The van der Waals surface area contributed by atoms with Gasteiger partial charge in [0.25, 0.3) is 0 Å². The van der Waals surface area contributed by atoms with Gasteiger partial charge >= 0.3 is 0 Å². The lowest BCUT2D eigenvalue weighted by atomic mass is 10.1. The fourth-order valence-electron chi connectivity index (χ4n) is 1.72. The minimum Gasteiger partial charge on any atom is -0.373 e. The molecule has 1 heterocycles. The number of anilines is 1. The molecule has 0 saturated carbocycles. The number of nitrogens with one attached hydrogen (secondary N) is 1. The SMILES string of the molecule is CCc1cc(NC)nc(Cc2ccccc2)n1. The van der Waals surface area contributed by atoms with Crippen molar-refractivity contribution in [1.82, 2.24) is 9.97 Å². The number of aromatic nitrogens is 2. The predicted molar refractivity (Wildman–Crippen MR) is 70.2 cm³/mol. The summed E-state index contributed by atoms with van der Waals surface area (Å²) >= 11 is 0. The van der Waals surface area contributed by atoms with E-state index in [1.165, 1.54) is 5.56 Å². The Bertz CT molecular complexity index is 458. The van der Waals surface area contributed by atoms with Gasteiger partial charge in [-0.3, -0.25) is 0 Å². The van der Waals surface area contributed by atoms with E-state index >= 15 is 0 Å². The van der Waals surface area contributed by atoms with Crippen LogP contribution >= 0.6 is 0 Å². The molecular formula is C14H17N3. The van der Waals surface area contributed by atoms with Crippen LogP contribution in [-0.4, -0.2) is 17.0 Å². The lowest BCUT2D eigenvalue weighted by Gasteiger charge is -2.06. The molecule has 0 aliphatic carbocycles. The first-order chi connectivity index (χ1) is 8.31. The van der Waals surface area contributed by atoms with E-state index in [0.29, 0.717) is 0 Å². The summed E-state index contributed by atoms with van der Waals surface area (Å²) < 4.78 is 0. The molecule has 0 fully saturated rings. The van der Waals surface area contributed by atoms with Crippen molar-refractivity contribution in [1.29, 1.82) is 0 Å². The molecule has 17 heavy (non-hydrogen) atoms. The molecule has 0 aliphatic heterocycles. The highest BCUT2D eigenvalue weighted by Gasteiger charge is 2.03. The number of benzene rings is 1. The number of rotatable bonds is 4. The van der Waals surface area contributed by atoms with Crippen LogP contribution in [0.5, 0.6) is 0 Å². The van der Waals surface area contributed by atoms with E-state index < -0.39 is 0 Å². The Morgan fingerprint density at radius 3 is 2.53 bits per heavy atom. The van der Waals surface area contributed by atoms with Gasteiger partial charge in [-0.25, -0.2) is 9.97 Å². The van der Waals surface area contributed by atoms with Crippen LogP contribution in [0.2, 0.25) is 0 Å². The highest BCUT2D eigenvalue weighted by molar-refractivity contribution is 5.36. The molecule has 2 rings (SSSR count). The van der Waals surface area contributed by atoms with Gasteiger partial charge in [0.15, 0.2) is 0 Å². The van der Waals surface area contributed by atoms with E-state index in [9.17, 15) is 0 Å². The minimum absolute atomic E-state index is 0.781. The molecule has 2 aromatic rings. The third-order valence-corrected chi connectivity index (χ3v) is 2.65. The molecule has 1 aromatic carbocycles. The second-order valence-electron chi connectivity index (χ2n) is 3.93. The van der Waals surface area contributed by atoms with Crippen LogP contribution in [0.3, 0.4) is 0 Å². The molecule has 3 heteroatoms. The summed E-state index contributed by atoms with van der Waals surface area (Å²) in [6.07, 6.45) is 1.71. The largest absolute Gasteiger partial charge is 0.373 e. The summed E-state index contributed by atoms with van der Waals surface area (Å²) in [6.45, 7) is 2.11. The van der Waals surface area contributed by atoms with Crippen LogP contribution in [0, 0.1) is 0 Å². The van der Waals surface area contributed by atoms with E-state index in [2.05, 4.69) is 34.3 Å². The van der Waals surface area contributed by atoms with Gasteiger partial charge in [-0.05, 0) is 12.0 Å². The quantitative estimate of drug-likeness (QED) is 0.872. The Morgan fingerprint density at radius 1 is 1.12 bits per heavy atom. The van der Waals surface area contributed by atoms with E-state index in [-0.39, 0.29) is 0 Å². The fraction of sp³-hybridized carbons (Fsp3) is 0.286. The molecule has 0 spiro atoms. The van der Waals surface area contributed by atoms with Crippen molar-refractivity contribution in [3.8, 4) is 0 Å². The number of hydrogen-bond donors (Lipinski definition) is 1. The first-order valence-electron chi connectivity index (χ1n) is 5.90. The summed E-state index contributed by atoms with van der Waals surface area (Å²) in [4.78, 5) is 9.02. The molecule has 0 saturated heterocycles. The summed E-state index contributed by atoms with van der Waals surface area (Å²) in [5, 5.41) is 3.08. The first-order valence-corrected chi connectivity index (χ1v) is 5.90. The number of hydrogen-bond acceptors (Lipinski definition) is 3. The van der Waals surface area contributed by atoms with Crippen LogP contribution in [0.4, 0.5) is 5.82 Å². The molecule has 3 nitrogen and oxygen atoms in total. The molecule has 1 aromatic heterocycles. The zero-order valence-electron chi connectivity index (χ0n) is 10.3. The van der Waals surface area contributed by atoms with Crippen molar-refractivity contribution in [2.75, 3.05) is 12.4 Å². The molecule has 0 radical (unpaired) electrons. The van der Waals surface area contributed by atoms with Gasteiger partial charge in [0, 0.05) is 25.2 Å². The maximum absolute atomic E-state index is 4.54. The van der Waals surface area contributed by atoms with Crippen LogP contribution in [0.15, 0.2) is 36.4 Å². The molecular weight excluding hydrogens is 210 g/mol. The van der Waals surface area contributed by atoms with Crippen molar-refractivity contribution in [3.63, 3.8) is 0 Å². The summed E-state index contributed by atoms with van der Waals surface area (Å²) in [6, 6.07) is 12.3. The third kappa shape index (κ3) is 3.03. The van der Waals surface area contributed by atoms with Gasteiger partial charge in [0.1, 0.15) is 11.6 Å². The molecule has 88 valence electrons. The minimum atomic E-state index is 0.781. The summed E-state index contributed by atoms with van der Waals surface area (Å²) in [5.41, 5.74) is 2.32. The van der Waals surface area contributed by atoms with Crippen LogP contribution in [-0.2, 0) is 12.8 Å². The summed E-state index contributed by atoms with van der Waals surface area (Å²) in [7, 11) is 1.88. The lowest BCUT2D eigenvalue weighted by molar-refractivity contribution is 0.908. The summed E-state index contributed by atoms with van der Waals surface area (Å²) in [5.74, 6) is 1.77. The van der Waals surface area contributed by atoms with Crippen molar-refractivity contribution >= 4 is 5.82 Å². The standard InChI is InChI=1S/C14H17N3/c1-3-12-10-13(15-2)17-14(16-12)9-11-7-5-4-6-8-11/h4-8,10H,3,9H2,1-2H3,(H,15,16,17). The molecule has 0 aliphatic rings. The van der Waals surface area contributed by atoms with E-state index in [4.69, 9.17) is 0 Å². The van der Waals surface area contributed by atoms with Crippen molar-refractivity contribution < 1.29 is 0 Å². The lowest BCUT2D eigenvalue weighted by Crippen LogP contribution is -2.03. The smallest absolute Gasteiger partial charge is 0.135 e. The van der Waals surface area contributed by atoms with Gasteiger partial charge in [-0.2, -0.15) is 0 Å². The average Bonchev–Trinajstić information content (AvgIpc) is 2.39. The average molecular weight is 227 g/mol. The van der Waals surface area contributed by atoms with Crippen molar-refractivity contribution in [3.05, 3.63) is 53.5 Å². The zero-order chi connectivity index (χ0) is 12.1. The van der Waals surface area contributed by atoms with Crippen LogP contribution < -0.4 is 5.32 Å². The second-order valence-corrected chi connectivity index (χ2v) is 3.93. The normalized spacial score (nSPS) is 10.2. The Balaban J connectivity index is 2.26. The molecule has 0 unspecified atom stereocenters. The zero-order valence-corrected chi connectivity index (χ0v) is 10.3. The predicted octanol–water partition coefficient (Wildman–Crippen LogP) is 2.67. The maximum Gasteiger partial charge on any atom is 0.135 e. The Kier molecular flexibility index (Phi) is 3.70. The highest BCUT2D eigenvalue weighted by Crippen LogP contribution is 2.10. The van der Waals surface area contributed by atoms with Crippen LogP contribution in [0.1, 0.15) is 24.0 Å². The Hall–Kier alpha value is -1.90. The third-order valence-electron chi connectivity index (χ3n) is 2.65. The number of aryl methyl sites for hydroxylation is 1. The maximum atomic E-state index is 4.54. The van der Waals surface area contributed by atoms with E-state index in [1.807, 2.05) is 31.3 Å². The monoisotopic (exact) mass is 227 g/mol. The van der Waals surface area contributed by atoms with Crippen molar-refractivity contribution in [2.45, 2.75) is 19.8 Å². The molecule has 0 atom stereocenters. The van der Waals surface area contributed by atoms with E-state index in [0.717, 1.165) is 30.2 Å². The number of nitrogens with zero attached hydrogens (tertiary/aromatic N) is 2. The highest BCUT2D eigenvalue weighted by atomic mass is 15.0. The van der Waals surface area contributed by atoms with Gasteiger partial charge in [0.05, 0.1) is 0 Å². The van der Waals surface area contributed by atoms with Gasteiger partial charge in [-0.1, -0.05) is 37.3 Å². The fourth-order valence-corrected chi connectivity index (χ4v) is 1.72. The molecule has 0 bridgehead atoms. The van der Waals surface area contributed by atoms with Crippen molar-refractivity contribution in [2.24, 2.45) is 0 Å².